The van der Waals surface area contributed by atoms with Crippen LogP contribution in [0.2, 0.25) is 0 Å². The van der Waals surface area contributed by atoms with Crippen LogP contribution < -0.4 is 5.56 Å². The van der Waals surface area contributed by atoms with E-state index in [1.165, 1.54) is 16.4 Å². The summed E-state index contributed by atoms with van der Waals surface area (Å²) in [6.45, 7) is 0.292. The molecular weight excluding hydrogens is 292 g/mol. The molecule has 8 nitrogen and oxygen atoms in total. The number of nitrogens with zero attached hydrogens (tertiary/aromatic N) is 5. The first kappa shape index (κ1) is 13.7. The standard InChI is InChI=1S/C12H12N6O2S/c19-6-5-18-12(15-16-17-18)21-7-10-13-9-4-2-1-3-8(9)11(20)14-10/h1-4,19H,5-7H2,(H,13,14,20). The molecule has 9 heteroatoms. The second-order valence-corrected chi connectivity index (χ2v) is 5.17. The summed E-state index contributed by atoms with van der Waals surface area (Å²) in [5.41, 5.74) is 0.498. The van der Waals surface area contributed by atoms with Gasteiger partial charge in [-0.2, -0.15) is 0 Å². The van der Waals surface area contributed by atoms with Gasteiger partial charge in [0.1, 0.15) is 5.82 Å². The van der Waals surface area contributed by atoms with Gasteiger partial charge in [0.25, 0.3) is 5.56 Å². The molecule has 3 rings (SSSR count). The number of hydrogen-bond donors (Lipinski definition) is 2. The molecule has 2 N–H and O–H groups in total. The van der Waals surface area contributed by atoms with Crippen LogP contribution in [-0.4, -0.2) is 41.9 Å². The number of aromatic nitrogens is 6. The molecule has 2 heterocycles. The maximum Gasteiger partial charge on any atom is 0.258 e. The maximum atomic E-state index is 11.9. The molecule has 0 unspecified atom stereocenters. The summed E-state index contributed by atoms with van der Waals surface area (Å²) >= 11 is 1.35. The number of benzene rings is 1. The van der Waals surface area contributed by atoms with Gasteiger partial charge >= 0.3 is 0 Å². The van der Waals surface area contributed by atoms with Gasteiger partial charge in [-0.1, -0.05) is 23.9 Å². The lowest BCUT2D eigenvalue weighted by Crippen LogP contribution is -2.11. The summed E-state index contributed by atoms with van der Waals surface area (Å²) in [5, 5.41) is 21.2. The Labute approximate surface area is 123 Å². The van der Waals surface area contributed by atoms with E-state index in [1.807, 2.05) is 6.07 Å². The summed E-state index contributed by atoms with van der Waals surface area (Å²) in [7, 11) is 0. The predicted octanol–water partition coefficient (Wildman–Crippen LogP) is 0.194. The summed E-state index contributed by atoms with van der Waals surface area (Å²) < 4.78 is 1.50. The Morgan fingerprint density at radius 1 is 1.33 bits per heavy atom. The minimum absolute atomic E-state index is 0.0380. The average Bonchev–Trinajstić information content (AvgIpc) is 2.93. The van der Waals surface area contributed by atoms with E-state index in [-0.39, 0.29) is 12.2 Å². The van der Waals surface area contributed by atoms with Crippen LogP contribution in [0.25, 0.3) is 10.9 Å². The molecule has 0 fully saturated rings. The molecule has 0 aliphatic heterocycles. The van der Waals surface area contributed by atoms with Crippen molar-refractivity contribution in [2.45, 2.75) is 17.5 Å². The third-order valence-corrected chi connectivity index (χ3v) is 3.78. The Morgan fingerprint density at radius 2 is 2.19 bits per heavy atom. The summed E-state index contributed by atoms with van der Waals surface area (Å²) in [4.78, 5) is 19.1. The highest BCUT2D eigenvalue weighted by molar-refractivity contribution is 7.98. The Hall–Kier alpha value is -2.26. The summed E-state index contributed by atoms with van der Waals surface area (Å²) in [6, 6.07) is 7.18. The Morgan fingerprint density at radius 3 is 3.05 bits per heavy atom. The second-order valence-electron chi connectivity index (χ2n) is 4.23. The van der Waals surface area contributed by atoms with Crippen molar-refractivity contribution in [1.29, 1.82) is 0 Å². The fourth-order valence-corrected chi connectivity index (χ4v) is 2.64. The van der Waals surface area contributed by atoms with Gasteiger partial charge in [0.05, 0.1) is 29.8 Å². The number of aliphatic hydroxyl groups excluding tert-OH is 1. The molecular formula is C12H12N6O2S. The topological polar surface area (TPSA) is 110 Å². The summed E-state index contributed by atoms with van der Waals surface area (Å²) in [5.74, 6) is 0.994. The van der Waals surface area contributed by atoms with Gasteiger partial charge in [-0.05, 0) is 22.6 Å². The van der Waals surface area contributed by atoms with Crippen molar-refractivity contribution >= 4 is 22.7 Å². The highest BCUT2D eigenvalue weighted by atomic mass is 32.2. The van der Waals surface area contributed by atoms with E-state index in [0.29, 0.717) is 34.2 Å². The fourth-order valence-electron chi connectivity index (χ4n) is 1.87. The molecule has 1 aromatic carbocycles. The highest BCUT2D eigenvalue weighted by Crippen LogP contribution is 2.18. The highest BCUT2D eigenvalue weighted by Gasteiger charge is 2.09. The Kier molecular flexibility index (Phi) is 3.93. The van der Waals surface area contributed by atoms with Crippen molar-refractivity contribution in [3.8, 4) is 0 Å². The first-order chi connectivity index (χ1) is 10.3. The fraction of sp³-hybridized carbons (Fsp3) is 0.250. The molecule has 3 aromatic rings. The van der Waals surface area contributed by atoms with Crippen molar-refractivity contribution in [2.75, 3.05) is 6.61 Å². The molecule has 0 radical (unpaired) electrons. The average molecular weight is 304 g/mol. The number of nitrogens with one attached hydrogen (secondary N) is 1. The largest absolute Gasteiger partial charge is 0.394 e. The van der Waals surface area contributed by atoms with Crippen LogP contribution in [0.1, 0.15) is 5.82 Å². The van der Waals surface area contributed by atoms with E-state index in [1.54, 1.807) is 18.2 Å². The minimum Gasteiger partial charge on any atom is -0.394 e. The number of hydrogen-bond acceptors (Lipinski definition) is 7. The van der Waals surface area contributed by atoms with Gasteiger partial charge in [-0.15, -0.1) is 5.10 Å². The molecule has 21 heavy (non-hydrogen) atoms. The zero-order valence-electron chi connectivity index (χ0n) is 10.9. The number of tetrazole rings is 1. The van der Waals surface area contributed by atoms with Crippen molar-refractivity contribution in [3.63, 3.8) is 0 Å². The normalized spacial score (nSPS) is 11.1. The molecule has 0 spiro atoms. The zero-order chi connectivity index (χ0) is 14.7. The number of H-pyrrole nitrogens is 1. The molecule has 2 aromatic heterocycles. The van der Waals surface area contributed by atoms with Crippen LogP contribution in [-0.2, 0) is 12.3 Å². The number of aliphatic hydroxyl groups is 1. The zero-order valence-corrected chi connectivity index (χ0v) is 11.7. The first-order valence-corrected chi connectivity index (χ1v) is 7.24. The number of aromatic amines is 1. The third kappa shape index (κ3) is 2.93. The van der Waals surface area contributed by atoms with Crippen LogP contribution in [0.15, 0.2) is 34.2 Å². The van der Waals surface area contributed by atoms with Crippen molar-refractivity contribution in [1.82, 2.24) is 30.2 Å². The van der Waals surface area contributed by atoms with Crippen molar-refractivity contribution in [3.05, 3.63) is 40.4 Å². The van der Waals surface area contributed by atoms with Gasteiger partial charge in [0, 0.05) is 0 Å². The summed E-state index contributed by atoms with van der Waals surface area (Å²) in [6.07, 6.45) is 0. The van der Waals surface area contributed by atoms with Crippen LogP contribution in [0, 0.1) is 0 Å². The smallest absolute Gasteiger partial charge is 0.258 e. The molecule has 108 valence electrons. The van der Waals surface area contributed by atoms with Crippen LogP contribution in [0.4, 0.5) is 0 Å². The molecule has 0 aliphatic rings. The van der Waals surface area contributed by atoms with Crippen LogP contribution >= 0.6 is 11.8 Å². The SMILES string of the molecule is O=c1[nH]c(CSc2nnnn2CCO)nc2ccccc12. The molecule has 0 aliphatic carbocycles. The van der Waals surface area contributed by atoms with Crippen molar-refractivity contribution in [2.24, 2.45) is 0 Å². The predicted molar refractivity (Wildman–Crippen MR) is 76.8 cm³/mol. The number of para-hydroxylation sites is 1. The van der Waals surface area contributed by atoms with Gasteiger partial charge in [0.2, 0.25) is 5.16 Å². The minimum atomic E-state index is -0.161. The van der Waals surface area contributed by atoms with E-state index in [9.17, 15) is 4.79 Å². The van der Waals surface area contributed by atoms with Gasteiger partial charge in [-0.25, -0.2) is 9.67 Å². The molecule has 0 saturated heterocycles. The van der Waals surface area contributed by atoms with Gasteiger partial charge in [0.15, 0.2) is 0 Å². The van der Waals surface area contributed by atoms with Crippen molar-refractivity contribution < 1.29 is 5.11 Å². The Bertz CT molecular complexity index is 815. The van der Waals surface area contributed by atoms with E-state index >= 15 is 0 Å². The van der Waals surface area contributed by atoms with E-state index in [2.05, 4.69) is 25.5 Å². The molecule has 0 bridgehead atoms. The van der Waals surface area contributed by atoms with E-state index in [0.717, 1.165) is 0 Å². The monoisotopic (exact) mass is 304 g/mol. The van der Waals surface area contributed by atoms with E-state index in [4.69, 9.17) is 5.11 Å². The van der Waals surface area contributed by atoms with Crippen LogP contribution in [0.3, 0.4) is 0 Å². The number of thioether (sulfide) groups is 1. The van der Waals surface area contributed by atoms with Gasteiger partial charge in [-0.3, -0.25) is 4.79 Å². The lowest BCUT2D eigenvalue weighted by Gasteiger charge is -2.03. The lowest BCUT2D eigenvalue weighted by molar-refractivity contribution is 0.262. The quantitative estimate of drug-likeness (QED) is 0.648. The van der Waals surface area contributed by atoms with E-state index < -0.39 is 0 Å². The molecule has 0 amide bonds. The molecule has 0 saturated carbocycles. The second kappa shape index (κ2) is 6.02. The number of fused-ring (bicyclic) bond motifs is 1. The number of rotatable bonds is 5. The maximum absolute atomic E-state index is 11.9. The molecule has 0 atom stereocenters. The first-order valence-electron chi connectivity index (χ1n) is 6.25. The lowest BCUT2D eigenvalue weighted by atomic mass is 10.2. The Balaban J connectivity index is 1.82. The van der Waals surface area contributed by atoms with Crippen LogP contribution in [0.5, 0.6) is 0 Å². The van der Waals surface area contributed by atoms with Gasteiger partial charge < -0.3 is 10.1 Å². The third-order valence-electron chi connectivity index (χ3n) is 2.81.